The van der Waals surface area contributed by atoms with Crippen LogP contribution in [0.15, 0.2) is 53.3 Å². The number of pyridine rings is 1. The number of nitrogens with one attached hydrogen (secondary N) is 1. The van der Waals surface area contributed by atoms with Crippen molar-refractivity contribution in [1.82, 2.24) is 14.3 Å². The fourth-order valence-electron chi connectivity index (χ4n) is 4.39. The zero-order valence-electron chi connectivity index (χ0n) is 19.9. The van der Waals surface area contributed by atoms with Gasteiger partial charge >= 0.3 is 0 Å². The zero-order chi connectivity index (χ0) is 23.7. The first kappa shape index (κ1) is 22.5. The molecule has 0 aliphatic carbocycles. The molecule has 0 saturated heterocycles. The number of aryl methyl sites for hydroxylation is 5. The Morgan fingerprint density at radius 1 is 1.00 bits per heavy atom. The summed E-state index contributed by atoms with van der Waals surface area (Å²) in [5.41, 5.74) is 7.10. The van der Waals surface area contributed by atoms with Crippen molar-refractivity contribution < 1.29 is 4.79 Å². The molecule has 0 aliphatic heterocycles. The molecule has 2 aromatic heterocycles. The number of hydrogen-bond acceptors (Lipinski definition) is 3. The molecule has 6 nitrogen and oxygen atoms in total. The second kappa shape index (κ2) is 9.06. The monoisotopic (exact) mass is 442 g/mol. The van der Waals surface area contributed by atoms with Crippen molar-refractivity contribution in [3.05, 3.63) is 86.8 Å². The molecule has 2 heterocycles. The number of carbonyl (C=O) groups is 1. The number of nitrogens with zero attached hydrogens (tertiary/aromatic N) is 3. The smallest absolute Gasteiger partial charge is 0.255 e. The minimum Gasteiger partial charge on any atom is -0.326 e. The Kier molecular flexibility index (Phi) is 6.18. The molecule has 2 aromatic carbocycles. The Morgan fingerprint density at radius 2 is 1.70 bits per heavy atom. The summed E-state index contributed by atoms with van der Waals surface area (Å²) >= 11 is 0. The molecule has 0 saturated carbocycles. The number of aromatic nitrogens is 3. The van der Waals surface area contributed by atoms with E-state index in [2.05, 4.69) is 5.32 Å². The van der Waals surface area contributed by atoms with Crippen LogP contribution >= 0.6 is 0 Å². The number of hydrogen-bond donors (Lipinski definition) is 1. The summed E-state index contributed by atoms with van der Waals surface area (Å²) in [5, 5.41) is 8.72. The minimum atomic E-state index is -0.0988. The summed E-state index contributed by atoms with van der Waals surface area (Å²) < 4.78 is 3.63. The van der Waals surface area contributed by atoms with Crippen molar-refractivity contribution in [2.45, 2.75) is 54.0 Å². The van der Waals surface area contributed by atoms with Crippen molar-refractivity contribution in [1.29, 1.82) is 0 Å². The maximum Gasteiger partial charge on any atom is 0.255 e. The Hall–Kier alpha value is -3.67. The Bertz CT molecular complexity index is 1390. The summed E-state index contributed by atoms with van der Waals surface area (Å²) in [4.78, 5) is 26.1. The van der Waals surface area contributed by atoms with E-state index >= 15 is 0 Å². The topological polar surface area (TPSA) is 68.9 Å². The summed E-state index contributed by atoms with van der Waals surface area (Å²) in [5.74, 6) is -0.0988. The van der Waals surface area contributed by atoms with Crippen LogP contribution in [0, 0.1) is 27.7 Å². The number of rotatable bonds is 6. The van der Waals surface area contributed by atoms with Crippen LogP contribution in [0.1, 0.15) is 41.3 Å². The lowest BCUT2D eigenvalue weighted by Gasteiger charge is -2.15. The fraction of sp³-hybridized carbons (Fsp3) is 0.296. The lowest BCUT2D eigenvalue weighted by molar-refractivity contribution is -0.116. The normalized spacial score (nSPS) is 11.2. The summed E-state index contributed by atoms with van der Waals surface area (Å²) in [7, 11) is 0. The largest absolute Gasteiger partial charge is 0.326 e. The van der Waals surface area contributed by atoms with Gasteiger partial charge in [-0.1, -0.05) is 35.9 Å². The number of amides is 1. The van der Waals surface area contributed by atoms with E-state index in [0.717, 1.165) is 39.2 Å². The molecule has 6 heteroatoms. The van der Waals surface area contributed by atoms with Crippen LogP contribution in [0.2, 0.25) is 0 Å². The Balaban J connectivity index is 1.72. The fourth-order valence-corrected chi connectivity index (χ4v) is 4.39. The van der Waals surface area contributed by atoms with Crippen molar-refractivity contribution in [3.8, 4) is 5.69 Å². The highest BCUT2D eigenvalue weighted by molar-refractivity contribution is 5.92. The maximum atomic E-state index is 13.5. The standard InChI is InChI=1S/C27H30N4O2/c1-6-30-26-25(20(5)29-31(26)21-13-11-17(2)12-14-21)19(4)22(27(30)33)15-16-24(32)28-23-10-8-7-9-18(23)3/h7-14H,6,15-16H2,1-5H3,(H,28,32). The number of carbonyl (C=O) groups excluding carboxylic acids is 1. The van der Waals surface area contributed by atoms with E-state index in [1.54, 1.807) is 4.57 Å². The minimum absolute atomic E-state index is 0.0561. The zero-order valence-corrected chi connectivity index (χ0v) is 19.9. The molecule has 0 unspecified atom stereocenters. The summed E-state index contributed by atoms with van der Waals surface area (Å²) in [6.45, 7) is 10.4. The van der Waals surface area contributed by atoms with Crippen LogP contribution in [-0.2, 0) is 17.8 Å². The lowest BCUT2D eigenvalue weighted by atomic mass is 10.0. The highest BCUT2D eigenvalue weighted by Crippen LogP contribution is 2.26. The predicted molar refractivity (Wildman–Crippen MR) is 133 cm³/mol. The third-order valence-electron chi connectivity index (χ3n) is 6.24. The van der Waals surface area contributed by atoms with E-state index in [9.17, 15) is 9.59 Å². The van der Waals surface area contributed by atoms with Crippen LogP contribution < -0.4 is 10.9 Å². The van der Waals surface area contributed by atoms with Crippen LogP contribution in [0.4, 0.5) is 5.69 Å². The van der Waals surface area contributed by atoms with Crippen molar-refractivity contribution in [2.24, 2.45) is 0 Å². The molecule has 0 radical (unpaired) electrons. The lowest BCUT2D eigenvalue weighted by Crippen LogP contribution is -2.27. The van der Waals surface area contributed by atoms with E-state index < -0.39 is 0 Å². The highest BCUT2D eigenvalue weighted by atomic mass is 16.1. The first-order valence-electron chi connectivity index (χ1n) is 11.4. The molecule has 4 aromatic rings. The molecule has 33 heavy (non-hydrogen) atoms. The van der Waals surface area contributed by atoms with Gasteiger partial charge in [-0.25, -0.2) is 4.68 Å². The second-order valence-corrected chi connectivity index (χ2v) is 8.55. The van der Waals surface area contributed by atoms with Crippen LogP contribution in [0.3, 0.4) is 0 Å². The second-order valence-electron chi connectivity index (χ2n) is 8.55. The Labute approximate surface area is 193 Å². The van der Waals surface area contributed by atoms with Gasteiger partial charge in [-0.05, 0) is 70.4 Å². The van der Waals surface area contributed by atoms with Gasteiger partial charge in [-0.15, -0.1) is 0 Å². The average Bonchev–Trinajstić information content (AvgIpc) is 3.13. The van der Waals surface area contributed by atoms with Gasteiger partial charge in [0.25, 0.3) is 5.56 Å². The predicted octanol–water partition coefficient (Wildman–Crippen LogP) is 5.01. The third kappa shape index (κ3) is 4.21. The van der Waals surface area contributed by atoms with E-state index in [-0.39, 0.29) is 17.9 Å². The van der Waals surface area contributed by atoms with E-state index in [1.807, 2.05) is 87.8 Å². The number of benzene rings is 2. The van der Waals surface area contributed by atoms with E-state index in [0.29, 0.717) is 18.5 Å². The van der Waals surface area contributed by atoms with Gasteiger partial charge in [0.2, 0.25) is 5.91 Å². The molecule has 0 aliphatic rings. The molecule has 1 amide bonds. The van der Waals surface area contributed by atoms with Crippen molar-refractivity contribution >= 4 is 22.6 Å². The summed E-state index contributed by atoms with van der Waals surface area (Å²) in [6, 6.07) is 15.8. The van der Waals surface area contributed by atoms with Crippen LogP contribution in [0.5, 0.6) is 0 Å². The molecule has 170 valence electrons. The van der Waals surface area contributed by atoms with Gasteiger partial charge in [0.15, 0.2) is 0 Å². The first-order valence-corrected chi connectivity index (χ1v) is 11.4. The molecular formula is C27H30N4O2. The van der Waals surface area contributed by atoms with Crippen LogP contribution in [0.25, 0.3) is 16.7 Å². The van der Waals surface area contributed by atoms with Gasteiger partial charge in [0, 0.05) is 29.6 Å². The van der Waals surface area contributed by atoms with Crippen molar-refractivity contribution in [2.75, 3.05) is 5.32 Å². The number of para-hydroxylation sites is 1. The van der Waals surface area contributed by atoms with Gasteiger partial charge in [-0.2, -0.15) is 5.10 Å². The number of anilines is 1. The molecule has 0 bridgehead atoms. The molecular weight excluding hydrogens is 412 g/mol. The molecule has 4 rings (SSSR count). The molecule has 0 atom stereocenters. The van der Waals surface area contributed by atoms with Crippen LogP contribution in [-0.4, -0.2) is 20.3 Å². The quantitative estimate of drug-likeness (QED) is 0.456. The van der Waals surface area contributed by atoms with Gasteiger partial charge in [0.05, 0.1) is 11.4 Å². The van der Waals surface area contributed by atoms with E-state index in [1.165, 1.54) is 5.56 Å². The maximum absolute atomic E-state index is 13.5. The first-order chi connectivity index (χ1) is 15.8. The SMILES string of the molecule is CCn1c(=O)c(CCC(=O)Nc2ccccc2C)c(C)c2c(C)nn(-c3ccc(C)cc3)c21. The Morgan fingerprint density at radius 3 is 2.36 bits per heavy atom. The van der Waals surface area contributed by atoms with Gasteiger partial charge in [-0.3, -0.25) is 14.2 Å². The molecule has 0 spiro atoms. The van der Waals surface area contributed by atoms with E-state index in [4.69, 9.17) is 5.10 Å². The number of fused-ring (bicyclic) bond motifs is 1. The van der Waals surface area contributed by atoms with Gasteiger partial charge < -0.3 is 5.32 Å². The average molecular weight is 443 g/mol. The van der Waals surface area contributed by atoms with Gasteiger partial charge in [0.1, 0.15) is 5.65 Å². The highest BCUT2D eigenvalue weighted by Gasteiger charge is 2.21. The molecule has 1 N–H and O–H groups in total. The molecule has 0 fully saturated rings. The summed E-state index contributed by atoms with van der Waals surface area (Å²) in [6.07, 6.45) is 0.623. The third-order valence-corrected chi connectivity index (χ3v) is 6.24. The van der Waals surface area contributed by atoms with Crippen molar-refractivity contribution in [3.63, 3.8) is 0 Å².